The molecule has 3 rings (SSSR count). The summed E-state index contributed by atoms with van der Waals surface area (Å²) in [7, 11) is -3.95. The van der Waals surface area contributed by atoms with Gasteiger partial charge in [-0.25, -0.2) is 8.42 Å². The smallest absolute Gasteiger partial charge is 0.264 e. The Labute approximate surface area is 195 Å². The minimum absolute atomic E-state index is 0.117. The minimum Gasteiger partial charge on any atom is -0.355 e. The average Bonchev–Trinajstić information content (AvgIpc) is 2.78. The van der Waals surface area contributed by atoms with E-state index < -0.39 is 10.0 Å². The van der Waals surface area contributed by atoms with Gasteiger partial charge in [0.1, 0.15) is 6.54 Å². The highest BCUT2D eigenvalue weighted by Crippen LogP contribution is 2.29. The van der Waals surface area contributed by atoms with Crippen LogP contribution in [0, 0.1) is 13.8 Å². The van der Waals surface area contributed by atoms with Crippen molar-refractivity contribution in [1.82, 2.24) is 5.32 Å². The molecule has 0 unspecified atom stereocenters. The number of amides is 1. The van der Waals surface area contributed by atoms with Crippen molar-refractivity contribution in [1.29, 1.82) is 0 Å². The standard InChI is InChI=1S/C25H27ClN2O3S/c1-19-10-13-21(14-11-19)7-6-16-27-25(29)18-28(24-17-22(26)15-12-20(24)2)32(30,31)23-8-4-3-5-9-23/h3-5,8-15,17H,6-7,16,18H2,1-2H3,(H,27,29). The molecule has 3 aromatic carbocycles. The maximum absolute atomic E-state index is 13.4. The minimum atomic E-state index is -3.95. The maximum atomic E-state index is 13.4. The van der Waals surface area contributed by atoms with Gasteiger partial charge in [0, 0.05) is 11.6 Å². The Kier molecular flexibility index (Phi) is 7.94. The molecular formula is C25H27ClN2O3S. The second kappa shape index (κ2) is 10.7. The molecule has 0 aliphatic heterocycles. The summed E-state index contributed by atoms with van der Waals surface area (Å²) in [5.74, 6) is -0.368. The molecule has 1 N–H and O–H groups in total. The van der Waals surface area contributed by atoms with Crippen molar-refractivity contribution < 1.29 is 13.2 Å². The van der Waals surface area contributed by atoms with Gasteiger partial charge in [0.2, 0.25) is 5.91 Å². The van der Waals surface area contributed by atoms with E-state index in [4.69, 9.17) is 11.6 Å². The van der Waals surface area contributed by atoms with Crippen LogP contribution in [-0.2, 0) is 21.2 Å². The van der Waals surface area contributed by atoms with E-state index in [0.29, 0.717) is 22.8 Å². The van der Waals surface area contributed by atoms with Crippen LogP contribution in [0.15, 0.2) is 77.7 Å². The summed E-state index contributed by atoms with van der Waals surface area (Å²) in [6.45, 7) is 3.96. The van der Waals surface area contributed by atoms with Gasteiger partial charge in [-0.3, -0.25) is 9.10 Å². The number of aryl methyl sites for hydroxylation is 3. The van der Waals surface area contributed by atoms with E-state index in [1.165, 1.54) is 23.3 Å². The van der Waals surface area contributed by atoms with Crippen LogP contribution in [0.25, 0.3) is 0 Å². The van der Waals surface area contributed by atoms with Gasteiger partial charge in [-0.05, 0) is 62.1 Å². The number of carbonyl (C=O) groups excluding carboxylic acids is 1. The predicted molar refractivity (Wildman–Crippen MR) is 130 cm³/mol. The Balaban J connectivity index is 1.73. The monoisotopic (exact) mass is 470 g/mol. The lowest BCUT2D eigenvalue weighted by atomic mass is 10.1. The Morgan fingerprint density at radius 3 is 2.34 bits per heavy atom. The molecule has 0 bridgehead atoms. The Morgan fingerprint density at radius 2 is 1.66 bits per heavy atom. The fourth-order valence-electron chi connectivity index (χ4n) is 3.33. The molecule has 0 saturated carbocycles. The lowest BCUT2D eigenvalue weighted by Crippen LogP contribution is -2.41. The van der Waals surface area contributed by atoms with Crippen LogP contribution in [0.2, 0.25) is 5.02 Å². The summed E-state index contributed by atoms with van der Waals surface area (Å²) < 4.78 is 27.9. The lowest BCUT2D eigenvalue weighted by molar-refractivity contribution is -0.119. The first-order valence-corrected chi connectivity index (χ1v) is 12.3. The summed E-state index contributed by atoms with van der Waals surface area (Å²) in [5, 5.41) is 3.24. The van der Waals surface area contributed by atoms with Gasteiger partial charge in [-0.15, -0.1) is 0 Å². The first-order valence-electron chi connectivity index (χ1n) is 10.4. The van der Waals surface area contributed by atoms with Crippen molar-refractivity contribution in [2.75, 3.05) is 17.4 Å². The van der Waals surface area contributed by atoms with Crippen molar-refractivity contribution in [3.8, 4) is 0 Å². The van der Waals surface area contributed by atoms with E-state index in [9.17, 15) is 13.2 Å². The molecule has 0 atom stereocenters. The molecule has 32 heavy (non-hydrogen) atoms. The van der Waals surface area contributed by atoms with E-state index >= 15 is 0 Å². The van der Waals surface area contributed by atoms with Gasteiger partial charge in [-0.1, -0.05) is 65.7 Å². The average molecular weight is 471 g/mol. The van der Waals surface area contributed by atoms with Crippen LogP contribution < -0.4 is 9.62 Å². The van der Waals surface area contributed by atoms with Crippen molar-refractivity contribution in [2.24, 2.45) is 0 Å². The normalized spacial score (nSPS) is 11.2. The molecule has 0 spiro atoms. The fraction of sp³-hybridized carbons (Fsp3) is 0.240. The summed E-state index contributed by atoms with van der Waals surface area (Å²) in [6, 6.07) is 21.4. The molecule has 0 radical (unpaired) electrons. The first-order chi connectivity index (χ1) is 15.3. The Bertz CT molecular complexity index is 1160. The topological polar surface area (TPSA) is 66.5 Å². The van der Waals surface area contributed by atoms with Gasteiger partial charge in [0.05, 0.1) is 10.6 Å². The highest BCUT2D eigenvalue weighted by atomic mass is 35.5. The number of sulfonamides is 1. The molecule has 0 fully saturated rings. The third kappa shape index (κ3) is 6.11. The second-order valence-corrected chi connectivity index (χ2v) is 9.99. The molecule has 0 aromatic heterocycles. The van der Waals surface area contributed by atoms with Crippen LogP contribution in [0.4, 0.5) is 5.69 Å². The zero-order valence-corrected chi connectivity index (χ0v) is 19.8. The predicted octanol–water partition coefficient (Wildman–Crippen LogP) is 4.90. The van der Waals surface area contributed by atoms with Crippen LogP contribution in [0.3, 0.4) is 0 Å². The fourth-order valence-corrected chi connectivity index (χ4v) is 5.00. The molecule has 1 amide bonds. The van der Waals surface area contributed by atoms with Crippen LogP contribution in [0.1, 0.15) is 23.1 Å². The molecule has 3 aromatic rings. The quantitative estimate of drug-likeness (QED) is 0.452. The number of benzene rings is 3. The van der Waals surface area contributed by atoms with Crippen molar-refractivity contribution in [3.63, 3.8) is 0 Å². The molecule has 0 heterocycles. The van der Waals surface area contributed by atoms with Crippen molar-refractivity contribution in [2.45, 2.75) is 31.6 Å². The van der Waals surface area contributed by atoms with Crippen LogP contribution >= 0.6 is 11.6 Å². The van der Waals surface area contributed by atoms with E-state index in [1.54, 1.807) is 43.3 Å². The van der Waals surface area contributed by atoms with E-state index in [-0.39, 0.29) is 17.3 Å². The zero-order valence-electron chi connectivity index (χ0n) is 18.2. The van der Waals surface area contributed by atoms with Crippen LogP contribution in [-0.4, -0.2) is 27.4 Å². The SMILES string of the molecule is Cc1ccc(CCCNC(=O)CN(c2cc(Cl)ccc2C)S(=O)(=O)c2ccccc2)cc1. The molecule has 0 saturated heterocycles. The largest absolute Gasteiger partial charge is 0.355 e. The number of hydrogen-bond donors (Lipinski definition) is 1. The van der Waals surface area contributed by atoms with E-state index in [1.807, 2.05) is 6.92 Å². The number of hydrogen-bond acceptors (Lipinski definition) is 3. The number of rotatable bonds is 9. The van der Waals surface area contributed by atoms with Gasteiger partial charge >= 0.3 is 0 Å². The van der Waals surface area contributed by atoms with E-state index in [2.05, 4.69) is 29.6 Å². The third-order valence-corrected chi connectivity index (χ3v) is 7.15. The number of carbonyl (C=O) groups is 1. The Hall–Kier alpha value is -2.83. The summed E-state index contributed by atoms with van der Waals surface area (Å²) >= 11 is 6.14. The number of nitrogens with zero attached hydrogens (tertiary/aromatic N) is 1. The second-order valence-electron chi connectivity index (χ2n) is 7.69. The Morgan fingerprint density at radius 1 is 0.969 bits per heavy atom. The molecule has 168 valence electrons. The summed E-state index contributed by atoms with van der Waals surface area (Å²) in [6.07, 6.45) is 1.59. The number of halogens is 1. The van der Waals surface area contributed by atoms with E-state index in [0.717, 1.165) is 17.1 Å². The maximum Gasteiger partial charge on any atom is 0.264 e. The van der Waals surface area contributed by atoms with Gasteiger partial charge in [0.25, 0.3) is 10.0 Å². The first kappa shape index (κ1) is 23.8. The lowest BCUT2D eigenvalue weighted by Gasteiger charge is -2.26. The highest BCUT2D eigenvalue weighted by Gasteiger charge is 2.28. The number of anilines is 1. The molecule has 0 aliphatic rings. The van der Waals surface area contributed by atoms with Gasteiger partial charge < -0.3 is 5.32 Å². The van der Waals surface area contributed by atoms with Crippen molar-refractivity contribution >= 4 is 33.2 Å². The summed E-state index contributed by atoms with van der Waals surface area (Å²) in [4.78, 5) is 12.8. The highest BCUT2D eigenvalue weighted by molar-refractivity contribution is 7.92. The molecule has 7 heteroatoms. The van der Waals surface area contributed by atoms with Crippen LogP contribution in [0.5, 0.6) is 0 Å². The molecule has 5 nitrogen and oxygen atoms in total. The zero-order chi connectivity index (χ0) is 23.1. The summed E-state index contributed by atoms with van der Waals surface area (Å²) in [5.41, 5.74) is 3.50. The number of nitrogens with one attached hydrogen (secondary N) is 1. The molecular weight excluding hydrogens is 444 g/mol. The molecule has 0 aliphatic carbocycles. The van der Waals surface area contributed by atoms with Crippen molar-refractivity contribution in [3.05, 3.63) is 94.5 Å². The third-order valence-electron chi connectivity index (χ3n) is 5.14. The van der Waals surface area contributed by atoms with Gasteiger partial charge in [0.15, 0.2) is 0 Å². The van der Waals surface area contributed by atoms with Gasteiger partial charge in [-0.2, -0.15) is 0 Å².